The number of halogens is 3. The van der Waals surface area contributed by atoms with Gasteiger partial charge in [0.2, 0.25) is 0 Å². The summed E-state index contributed by atoms with van der Waals surface area (Å²) in [6.45, 7) is 3.41. The zero-order valence-corrected chi connectivity index (χ0v) is 16.0. The maximum atomic E-state index is 12.5. The van der Waals surface area contributed by atoms with Gasteiger partial charge in [-0.15, -0.1) is 0 Å². The fourth-order valence-electron chi connectivity index (χ4n) is 3.33. The number of nitrogens with zero attached hydrogens (tertiary/aromatic N) is 2. The second-order valence-electron chi connectivity index (χ2n) is 7.19. The topological polar surface area (TPSA) is 17.8 Å². The van der Waals surface area contributed by atoms with Crippen molar-refractivity contribution < 1.29 is 13.2 Å². The Morgan fingerprint density at radius 3 is 1.88 bits per heavy atom. The minimum absolute atomic E-state index is 0.352. The number of hydrogen-bond donors (Lipinski definition) is 0. The van der Waals surface area contributed by atoms with Crippen molar-refractivity contribution in [1.82, 2.24) is 9.78 Å². The maximum absolute atomic E-state index is 12.5. The molecular formula is C20H35F3N2. The fourth-order valence-corrected chi connectivity index (χ4v) is 3.33. The SMILES string of the molecule is CCCCCCCC(CCCCCCC)c1cnn(CC(F)(F)F)c1. The molecule has 146 valence electrons. The highest BCUT2D eigenvalue weighted by atomic mass is 19.4. The van der Waals surface area contributed by atoms with Crippen molar-refractivity contribution in [2.45, 2.75) is 110 Å². The predicted molar refractivity (Wildman–Crippen MR) is 97.8 cm³/mol. The third-order valence-electron chi connectivity index (χ3n) is 4.78. The van der Waals surface area contributed by atoms with E-state index in [9.17, 15) is 13.2 Å². The molecule has 0 spiro atoms. The smallest absolute Gasteiger partial charge is 0.263 e. The number of hydrogen-bond acceptors (Lipinski definition) is 1. The molecule has 0 saturated heterocycles. The van der Waals surface area contributed by atoms with Crippen LogP contribution in [0.25, 0.3) is 0 Å². The molecule has 5 heteroatoms. The summed E-state index contributed by atoms with van der Waals surface area (Å²) in [5.41, 5.74) is 0.982. The first-order valence-electron chi connectivity index (χ1n) is 10.0. The van der Waals surface area contributed by atoms with Gasteiger partial charge in [0.1, 0.15) is 6.54 Å². The molecular weight excluding hydrogens is 325 g/mol. The normalized spacial score (nSPS) is 12.2. The lowest BCUT2D eigenvalue weighted by Gasteiger charge is -2.15. The van der Waals surface area contributed by atoms with Crippen LogP contribution in [0.5, 0.6) is 0 Å². The summed E-state index contributed by atoms with van der Waals surface area (Å²) in [7, 11) is 0. The van der Waals surface area contributed by atoms with Crippen molar-refractivity contribution in [2.75, 3.05) is 0 Å². The largest absolute Gasteiger partial charge is 0.408 e. The first-order chi connectivity index (χ1) is 12.0. The van der Waals surface area contributed by atoms with Crippen LogP contribution in [0.1, 0.15) is 102 Å². The van der Waals surface area contributed by atoms with Gasteiger partial charge in [-0.3, -0.25) is 4.68 Å². The van der Waals surface area contributed by atoms with Crippen molar-refractivity contribution in [3.63, 3.8) is 0 Å². The highest BCUT2D eigenvalue weighted by molar-refractivity contribution is 5.11. The highest BCUT2D eigenvalue weighted by Gasteiger charge is 2.28. The van der Waals surface area contributed by atoms with E-state index < -0.39 is 12.7 Å². The molecule has 0 atom stereocenters. The van der Waals surface area contributed by atoms with E-state index in [1.54, 1.807) is 12.4 Å². The Kier molecular flexibility index (Phi) is 10.9. The summed E-state index contributed by atoms with van der Waals surface area (Å²) in [6, 6.07) is 0. The average Bonchev–Trinajstić information content (AvgIpc) is 2.98. The van der Waals surface area contributed by atoms with Gasteiger partial charge < -0.3 is 0 Å². The van der Waals surface area contributed by atoms with Crippen LogP contribution in [0.4, 0.5) is 13.2 Å². The molecule has 0 N–H and O–H groups in total. The van der Waals surface area contributed by atoms with Crippen molar-refractivity contribution in [3.8, 4) is 0 Å². The lowest BCUT2D eigenvalue weighted by Crippen LogP contribution is -2.17. The Morgan fingerprint density at radius 1 is 0.880 bits per heavy atom. The molecule has 0 saturated carbocycles. The summed E-state index contributed by atoms with van der Waals surface area (Å²) in [4.78, 5) is 0. The van der Waals surface area contributed by atoms with Crippen LogP contribution in [0, 0.1) is 0 Å². The van der Waals surface area contributed by atoms with Crippen LogP contribution in [-0.4, -0.2) is 16.0 Å². The quantitative estimate of drug-likeness (QED) is 0.319. The molecule has 0 radical (unpaired) electrons. The first-order valence-corrected chi connectivity index (χ1v) is 10.0. The zero-order chi connectivity index (χ0) is 18.5. The van der Waals surface area contributed by atoms with Crippen molar-refractivity contribution >= 4 is 0 Å². The molecule has 0 aromatic carbocycles. The average molecular weight is 361 g/mol. The molecule has 2 nitrogen and oxygen atoms in total. The molecule has 25 heavy (non-hydrogen) atoms. The van der Waals surface area contributed by atoms with Gasteiger partial charge >= 0.3 is 6.18 Å². The van der Waals surface area contributed by atoms with Gasteiger partial charge in [0.05, 0.1) is 6.20 Å². The van der Waals surface area contributed by atoms with Gasteiger partial charge in [0.15, 0.2) is 0 Å². The van der Waals surface area contributed by atoms with E-state index in [1.165, 1.54) is 51.4 Å². The zero-order valence-electron chi connectivity index (χ0n) is 16.0. The number of rotatable bonds is 14. The molecule has 1 aromatic heterocycles. The van der Waals surface area contributed by atoms with Crippen LogP contribution >= 0.6 is 0 Å². The maximum Gasteiger partial charge on any atom is 0.408 e. The summed E-state index contributed by atoms with van der Waals surface area (Å²) in [5.74, 6) is 0.352. The second-order valence-corrected chi connectivity index (χ2v) is 7.19. The predicted octanol–water partition coefficient (Wildman–Crippen LogP) is 7.25. The molecule has 0 amide bonds. The monoisotopic (exact) mass is 360 g/mol. The van der Waals surface area contributed by atoms with Crippen molar-refractivity contribution in [1.29, 1.82) is 0 Å². The van der Waals surface area contributed by atoms with Crippen LogP contribution < -0.4 is 0 Å². The van der Waals surface area contributed by atoms with Crippen molar-refractivity contribution in [3.05, 3.63) is 18.0 Å². The van der Waals surface area contributed by atoms with Gasteiger partial charge in [0, 0.05) is 6.20 Å². The number of alkyl halides is 3. The molecule has 0 aliphatic rings. The molecule has 1 rings (SSSR count). The Morgan fingerprint density at radius 2 is 1.40 bits per heavy atom. The fraction of sp³-hybridized carbons (Fsp3) is 0.850. The first kappa shape index (κ1) is 22.0. The lowest BCUT2D eigenvalue weighted by molar-refractivity contribution is -0.142. The third-order valence-corrected chi connectivity index (χ3v) is 4.78. The molecule has 0 bridgehead atoms. The lowest BCUT2D eigenvalue weighted by atomic mass is 9.90. The van der Waals surface area contributed by atoms with E-state index in [2.05, 4.69) is 18.9 Å². The molecule has 1 aromatic rings. The standard InChI is InChI=1S/C20H35F3N2/c1-3-5-7-9-11-13-18(14-12-10-8-6-4-2)19-15-24-25(16-19)17-20(21,22)23/h15-16,18H,3-14,17H2,1-2H3. The van der Waals surface area contributed by atoms with E-state index in [-0.39, 0.29) is 0 Å². The number of aromatic nitrogens is 2. The second kappa shape index (κ2) is 12.4. The Bertz CT molecular complexity index is 426. The Balaban J connectivity index is 2.53. The summed E-state index contributed by atoms with van der Waals surface area (Å²) in [6.07, 6.45) is 13.4. The Labute approximate surface area is 151 Å². The molecule has 0 aliphatic heterocycles. The van der Waals surface area contributed by atoms with E-state index in [1.807, 2.05) is 0 Å². The summed E-state index contributed by atoms with van der Waals surface area (Å²) in [5, 5.41) is 3.93. The van der Waals surface area contributed by atoms with Crippen LogP contribution in [-0.2, 0) is 6.54 Å². The minimum atomic E-state index is -4.21. The third kappa shape index (κ3) is 10.6. The molecule has 0 unspecified atom stereocenters. The van der Waals surface area contributed by atoms with Gasteiger partial charge in [-0.25, -0.2) is 0 Å². The van der Waals surface area contributed by atoms with E-state index in [0.717, 1.165) is 35.9 Å². The number of unbranched alkanes of at least 4 members (excludes halogenated alkanes) is 8. The molecule has 0 fully saturated rings. The highest BCUT2D eigenvalue weighted by Crippen LogP contribution is 2.29. The van der Waals surface area contributed by atoms with Crippen molar-refractivity contribution in [2.24, 2.45) is 0 Å². The van der Waals surface area contributed by atoms with Crippen LogP contribution in [0.15, 0.2) is 12.4 Å². The molecule has 0 aliphatic carbocycles. The van der Waals surface area contributed by atoms with Gasteiger partial charge in [-0.1, -0.05) is 78.1 Å². The molecule has 1 heterocycles. The van der Waals surface area contributed by atoms with Crippen LogP contribution in [0.3, 0.4) is 0 Å². The Hall–Kier alpha value is -1.00. The van der Waals surface area contributed by atoms with E-state index in [4.69, 9.17) is 0 Å². The van der Waals surface area contributed by atoms with Gasteiger partial charge in [-0.05, 0) is 24.3 Å². The summed E-state index contributed by atoms with van der Waals surface area (Å²) < 4.78 is 38.6. The van der Waals surface area contributed by atoms with Gasteiger partial charge in [-0.2, -0.15) is 18.3 Å². The van der Waals surface area contributed by atoms with Gasteiger partial charge in [0.25, 0.3) is 0 Å². The summed E-state index contributed by atoms with van der Waals surface area (Å²) >= 11 is 0. The van der Waals surface area contributed by atoms with Crippen LogP contribution in [0.2, 0.25) is 0 Å². The van der Waals surface area contributed by atoms with E-state index >= 15 is 0 Å². The minimum Gasteiger partial charge on any atom is -0.263 e. The van der Waals surface area contributed by atoms with E-state index in [0.29, 0.717) is 5.92 Å².